The molecule has 1 amide bonds. The summed E-state index contributed by atoms with van der Waals surface area (Å²) < 4.78 is 5.47. The maximum absolute atomic E-state index is 12.1. The molecule has 2 aliphatic rings. The molecule has 0 spiro atoms. The Balaban J connectivity index is 1.43. The van der Waals surface area contributed by atoms with Crippen LogP contribution in [0.4, 0.5) is 0 Å². The Hall–Kier alpha value is -1.39. The molecule has 4 heteroatoms. The van der Waals surface area contributed by atoms with E-state index in [2.05, 4.69) is 17.3 Å². The predicted octanol–water partition coefficient (Wildman–Crippen LogP) is 2.70. The van der Waals surface area contributed by atoms with Crippen LogP contribution in [0.3, 0.4) is 0 Å². The predicted molar refractivity (Wildman–Crippen MR) is 91.5 cm³/mol. The van der Waals surface area contributed by atoms with Crippen molar-refractivity contribution in [2.75, 3.05) is 26.8 Å². The lowest BCUT2D eigenvalue weighted by Crippen LogP contribution is -2.42. The van der Waals surface area contributed by atoms with E-state index in [1.54, 1.807) is 0 Å². The molecule has 4 nitrogen and oxygen atoms in total. The minimum Gasteiger partial charge on any atom is -0.381 e. The third-order valence-electron chi connectivity index (χ3n) is 5.44. The van der Waals surface area contributed by atoms with Gasteiger partial charge >= 0.3 is 0 Å². The fraction of sp³-hybridized carbons (Fsp3) is 0.632. The molecular formula is C19H28N2O2. The van der Waals surface area contributed by atoms with E-state index in [0.717, 1.165) is 38.2 Å². The first-order valence-electron chi connectivity index (χ1n) is 8.87. The lowest BCUT2D eigenvalue weighted by Gasteiger charge is -2.35. The molecule has 1 saturated carbocycles. The van der Waals surface area contributed by atoms with Gasteiger partial charge in [-0.3, -0.25) is 4.79 Å². The lowest BCUT2D eigenvalue weighted by atomic mass is 10.0. The van der Waals surface area contributed by atoms with E-state index in [0.29, 0.717) is 18.0 Å². The number of benzene rings is 1. The Morgan fingerprint density at radius 1 is 1.13 bits per heavy atom. The second kappa shape index (κ2) is 7.93. The maximum Gasteiger partial charge on any atom is 0.251 e. The molecule has 2 fully saturated rings. The van der Waals surface area contributed by atoms with Gasteiger partial charge in [-0.25, -0.2) is 0 Å². The summed E-state index contributed by atoms with van der Waals surface area (Å²) in [6.07, 6.45) is 5.97. The van der Waals surface area contributed by atoms with Crippen molar-refractivity contribution in [1.82, 2.24) is 10.2 Å². The second-order valence-electron chi connectivity index (χ2n) is 6.92. The Morgan fingerprint density at radius 3 is 2.61 bits per heavy atom. The van der Waals surface area contributed by atoms with Crippen LogP contribution >= 0.6 is 0 Å². The van der Waals surface area contributed by atoms with E-state index in [4.69, 9.17) is 4.74 Å². The zero-order chi connectivity index (χ0) is 16.1. The van der Waals surface area contributed by atoms with Gasteiger partial charge in [0.05, 0.1) is 0 Å². The first kappa shape index (κ1) is 16.5. The SMILES string of the molecule is CN(C1CCOCC1)[C@@H]1CCC(CNC(=O)c2ccccc2)C1. The molecule has 126 valence electrons. The summed E-state index contributed by atoms with van der Waals surface area (Å²) in [6, 6.07) is 10.8. The zero-order valence-electron chi connectivity index (χ0n) is 14.0. The van der Waals surface area contributed by atoms with E-state index in [1.807, 2.05) is 30.3 Å². The first-order valence-corrected chi connectivity index (χ1v) is 8.87. The van der Waals surface area contributed by atoms with Crippen LogP contribution in [0.2, 0.25) is 0 Å². The molecule has 1 unspecified atom stereocenters. The van der Waals surface area contributed by atoms with Crippen LogP contribution in [0, 0.1) is 5.92 Å². The van der Waals surface area contributed by atoms with Crippen molar-refractivity contribution in [2.24, 2.45) is 5.92 Å². The number of carbonyl (C=O) groups excluding carboxylic acids is 1. The Bertz CT molecular complexity index is 499. The van der Waals surface area contributed by atoms with Crippen LogP contribution in [0.25, 0.3) is 0 Å². The molecule has 23 heavy (non-hydrogen) atoms. The monoisotopic (exact) mass is 316 g/mol. The highest BCUT2D eigenvalue weighted by Crippen LogP contribution is 2.31. The van der Waals surface area contributed by atoms with Gasteiger partial charge in [0.2, 0.25) is 0 Å². The molecule has 3 rings (SSSR count). The van der Waals surface area contributed by atoms with Crippen molar-refractivity contribution in [3.05, 3.63) is 35.9 Å². The number of carbonyl (C=O) groups is 1. The molecule has 0 bridgehead atoms. The summed E-state index contributed by atoms with van der Waals surface area (Å²) in [5.41, 5.74) is 0.751. The third kappa shape index (κ3) is 4.33. The van der Waals surface area contributed by atoms with Crippen LogP contribution in [0.15, 0.2) is 30.3 Å². The van der Waals surface area contributed by atoms with Gasteiger partial charge in [-0.1, -0.05) is 18.2 Å². The Kier molecular flexibility index (Phi) is 5.68. The van der Waals surface area contributed by atoms with Gasteiger partial charge in [0.1, 0.15) is 0 Å². The molecular weight excluding hydrogens is 288 g/mol. The zero-order valence-corrected chi connectivity index (χ0v) is 14.0. The maximum atomic E-state index is 12.1. The van der Waals surface area contributed by atoms with Gasteiger partial charge in [0.25, 0.3) is 5.91 Å². The van der Waals surface area contributed by atoms with Gasteiger partial charge in [-0.05, 0) is 57.2 Å². The molecule has 1 heterocycles. The van der Waals surface area contributed by atoms with Gasteiger partial charge in [0.15, 0.2) is 0 Å². The molecule has 1 N–H and O–H groups in total. The summed E-state index contributed by atoms with van der Waals surface area (Å²) in [4.78, 5) is 14.7. The molecule has 2 atom stereocenters. The number of nitrogens with zero attached hydrogens (tertiary/aromatic N) is 1. The van der Waals surface area contributed by atoms with Crippen LogP contribution in [-0.4, -0.2) is 49.7 Å². The van der Waals surface area contributed by atoms with Crippen molar-refractivity contribution in [3.63, 3.8) is 0 Å². The summed E-state index contributed by atoms with van der Waals surface area (Å²) in [5.74, 6) is 0.654. The average Bonchev–Trinajstić information content (AvgIpc) is 3.09. The highest BCUT2D eigenvalue weighted by atomic mass is 16.5. The van der Waals surface area contributed by atoms with Crippen LogP contribution in [0.5, 0.6) is 0 Å². The molecule has 0 radical (unpaired) electrons. The Morgan fingerprint density at radius 2 is 1.87 bits per heavy atom. The fourth-order valence-corrected chi connectivity index (χ4v) is 3.92. The standard InChI is InChI=1S/C19H28N2O2/c1-21(17-9-11-23-12-10-17)18-8-7-15(13-18)14-20-19(22)16-5-3-2-4-6-16/h2-6,15,17-18H,7-14H2,1H3,(H,20,22)/t15?,18-/m1/s1. The third-order valence-corrected chi connectivity index (χ3v) is 5.44. The summed E-state index contributed by atoms with van der Waals surface area (Å²) in [7, 11) is 2.27. The van der Waals surface area contributed by atoms with E-state index >= 15 is 0 Å². The van der Waals surface area contributed by atoms with Crippen molar-refractivity contribution >= 4 is 5.91 Å². The van der Waals surface area contributed by atoms with Gasteiger partial charge in [-0.15, -0.1) is 0 Å². The summed E-state index contributed by atoms with van der Waals surface area (Å²) in [6.45, 7) is 2.60. The minimum atomic E-state index is 0.0480. The normalized spacial score (nSPS) is 25.7. The number of hydrogen-bond donors (Lipinski definition) is 1. The van der Waals surface area contributed by atoms with E-state index < -0.39 is 0 Å². The molecule has 1 aromatic carbocycles. The topological polar surface area (TPSA) is 41.6 Å². The quantitative estimate of drug-likeness (QED) is 0.908. The van der Waals surface area contributed by atoms with Crippen molar-refractivity contribution in [2.45, 2.75) is 44.2 Å². The molecule has 1 aliphatic heterocycles. The summed E-state index contributed by atoms with van der Waals surface area (Å²) in [5, 5.41) is 3.10. The molecule has 0 aromatic heterocycles. The van der Waals surface area contributed by atoms with Crippen molar-refractivity contribution in [3.8, 4) is 0 Å². The van der Waals surface area contributed by atoms with E-state index in [9.17, 15) is 4.79 Å². The highest BCUT2D eigenvalue weighted by molar-refractivity contribution is 5.94. The van der Waals surface area contributed by atoms with Gasteiger partial charge in [0, 0.05) is 37.4 Å². The number of amides is 1. The van der Waals surface area contributed by atoms with Gasteiger partial charge in [-0.2, -0.15) is 0 Å². The van der Waals surface area contributed by atoms with Crippen LogP contribution in [-0.2, 0) is 4.74 Å². The molecule has 1 aliphatic carbocycles. The van der Waals surface area contributed by atoms with Gasteiger partial charge < -0.3 is 15.0 Å². The largest absolute Gasteiger partial charge is 0.381 e. The van der Waals surface area contributed by atoms with E-state index in [1.165, 1.54) is 19.3 Å². The number of ether oxygens (including phenoxy) is 1. The smallest absolute Gasteiger partial charge is 0.251 e. The number of nitrogens with one attached hydrogen (secondary N) is 1. The van der Waals surface area contributed by atoms with Crippen LogP contribution < -0.4 is 5.32 Å². The van der Waals surface area contributed by atoms with E-state index in [-0.39, 0.29) is 5.91 Å². The van der Waals surface area contributed by atoms with Crippen molar-refractivity contribution < 1.29 is 9.53 Å². The first-order chi connectivity index (χ1) is 11.2. The average molecular weight is 316 g/mol. The summed E-state index contributed by atoms with van der Waals surface area (Å²) >= 11 is 0. The van der Waals surface area contributed by atoms with Crippen LogP contribution in [0.1, 0.15) is 42.5 Å². The van der Waals surface area contributed by atoms with Crippen molar-refractivity contribution in [1.29, 1.82) is 0 Å². The molecule has 1 saturated heterocycles. The number of hydrogen-bond acceptors (Lipinski definition) is 3. The second-order valence-corrected chi connectivity index (χ2v) is 6.92. The minimum absolute atomic E-state index is 0.0480. The molecule has 1 aromatic rings. The fourth-order valence-electron chi connectivity index (χ4n) is 3.92. The number of rotatable bonds is 5. The highest BCUT2D eigenvalue weighted by Gasteiger charge is 2.31. The Labute approximate surface area is 139 Å². The lowest BCUT2D eigenvalue weighted by molar-refractivity contribution is 0.0288.